The molecule has 17 heavy (non-hydrogen) atoms. The number of hydrogen-bond acceptors (Lipinski definition) is 4. The second-order valence-electron chi connectivity index (χ2n) is 3.98. The van der Waals surface area contributed by atoms with Gasteiger partial charge in [-0.15, -0.1) is 0 Å². The normalized spacial score (nSPS) is 10.6. The summed E-state index contributed by atoms with van der Waals surface area (Å²) in [6.07, 6.45) is 0. The molecule has 0 aliphatic rings. The van der Waals surface area contributed by atoms with Crippen molar-refractivity contribution in [3.05, 3.63) is 23.8 Å². The van der Waals surface area contributed by atoms with E-state index in [1.165, 1.54) is 0 Å². The van der Waals surface area contributed by atoms with E-state index >= 15 is 0 Å². The fraction of sp³-hybridized carbons (Fsp3) is 0.538. The van der Waals surface area contributed by atoms with Gasteiger partial charge >= 0.3 is 0 Å². The lowest BCUT2D eigenvalue weighted by Crippen LogP contribution is -2.27. The predicted molar refractivity (Wildman–Crippen MR) is 69.8 cm³/mol. The lowest BCUT2D eigenvalue weighted by molar-refractivity contribution is 0.307. The highest BCUT2D eigenvalue weighted by atomic mass is 16.5. The molecule has 0 aliphatic carbocycles. The zero-order valence-electron chi connectivity index (χ0n) is 11.1. The molecule has 0 atom stereocenters. The van der Waals surface area contributed by atoms with Gasteiger partial charge in [0.2, 0.25) is 0 Å². The Kier molecular flexibility index (Phi) is 5.80. The van der Waals surface area contributed by atoms with Crippen molar-refractivity contribution in [2.45, 2.75) is 6.54 Å². The third-order valence-electron chi connectivity index (χ3n) is 2.70. The average molecular weight is 238 g/mol. The standard InChI is InChI=1S/C13H22N2O2/c1-14-8-9-15(2)10-11-12(16-3)6-5-7-13(11)17-4/h5-7,14H,8-10H2,1-4H3. The molecule has 1 rings (SSSR count). The summed E-state index contributed by atoms with van der Waals surface area (Å²) in [5.74, 6) is 1.75. The number of nitrogens with zero attached hydrogens (tertiary/aromatic N) is 1. The van der Waals surface area contributed by atoms with E-state index in [9.17, 15) is 0 Å². The van der Waals surface area contributed by atoms with Gasteiger partial charge < -0.3 is 19.7 Å². The summed E-state index contributed by atoms with van der Waals surface area (Å²) in [5.41, 5.74) is 1.09. The summed E-state index contributed by atoms with van der Waals surface area (Å²) in [7, 11) is 7.42. The first-order chi connectivity index (χ1) is 8.22. The lowest BCUT2D eigenvalue weighted by Gasteiger charge is -2.20. The smallest absolute Gasteiger partial charge is 0.127 e. The maximum Gasteiger partial charge on any atom is 0.127 e. The lowest BCUT2D eigenvalue weighted by atomic mass is 10.1. The highest BCUT2D eigenvalue weighted by Crippen LogP contribution is 2.29. The summed E-state index contributed by atoms with van der Waals surface area (Å²) < 4.78 is 10.7. The second-order valence-corrected chi connectivity index (χ2v) is 3.98. The molecule has 0 saturated carbocycles. The molecule has 0 bridgehead atoms. The molecule has 0 fully saturated rings. The Labute approximate surface area is 104 Å². The van der Waals surface area contributed by atoms with Crippen molar-refractivity contribution >= 4 is 0 Å². The van der Waals surface area contributed by atoms with E-state index in [1.807, 2.05) is 25.2 Å². The van der Waals surface area contributed by atoms with Gasteiger partial charge in [0.1, 0.15) is 11.5 Å². The van der Waals surface area contributed by atoms with Gasteiger partial charge in [0.25, 0.3) is 0 Å². The van der Waals surface area contributed by atoms with Crippen LogP contribution >= 0.6 is 0 Å². The number of hydrogen-bond donors (Lipinski definition) is 1. The van der Waals surface area contributed by atoms with Gasteiger partial charge in [0, 0.05) is 19.6 Å². The van der Waals surface area contributed by atoms with Gasteiger partial charge in [-0.2, -0.15) is 0 Å². The van der Waals surface area contributed by atoms with E-state index in [-0.39, 0.29) is 0 Å². The molecule has 4 nitrogen and oxygen atoms in total. The molecule has 0 spiro atoms. The molecule has 0 aliphatic heterocycles. The Balaban J connectivity index is 2.80. The highest BCUT2D eigenvalue weighted by Gasteiger charge is 2.11. The van der Waals surface area contributed by atoms with Crippen molar-refractivity contribution in [3.8, 4) is 11.5 Å². The number of rotatable bonds is 7. The van der Waals surface area contributed by atoms with Crippen LogP contribution in [0.1, 0.15) is 5.56 Å². The van der Waals surface area contributed by atoms with Crippen LogP contribution in [0.3, 0.4) is 0 Å². The van der Waals surface area contributed by atoms with Gasteiger partial charge in [-0.1, -0.05) is 6.07 Å². The molecule has 1 N–H and O–H groups in total. The van der Waals surface area contributed by atoms with E-state index in [0.29, 0.717) is 0 Å². The van der Waals surface area contributed by atoms with Crippen LogP contribution in [0.4, 0.5) is 0 Å². The van der Waals surface area contributed by atoms with Crippen LogP contribution in [0.5, 0.6) is 11.5 Å². The highest BCUT2D eigenvalue weighted by molar-refractivity contribution is 5.44. The van der Waals surface area contributed by atoms with Gasteiger partial charge in [-0.3, -0.25) is 0 Å². The minimum absolute atomic E-state index is 0.814. The van der Waals surface area contributed by atoms with Crippen molar-refractivity contribution in [1.29, 1.82) is 0 Å². The number of benzene rings is 1. The molecular weight excluding hydrogens is 216 g/mol. The van der Waals surface area contributed by atoms with Gasteiger partial charge in [-0.05, 0) is 26.2 Å². The Hall–Kier alpha value is -1.26. The van der Waals surface area contributed by atoms with Crippen molar-refractivity contribution in [2.75, 3.05) is 41.4 Å². The second kappa shape index (κ2) is 7.14. The Morgan fingerprint density at radius 1 is 1.18 bits per heavy atom. The van der Waals surface area contributed by atoms with Gasteiger partial charge in [0.05, 0.1) is 19.8 Å². The monoisotopic (exact) mass is 238 g/mol. The maximum absolute atomic E-state index is 5.37. The van der Waals surface area contributed by atoms with E-state index in [0.717, 1.165) is 36.7 Å². The molecule has 0 aromatic heterocycles. The fourth-order valence-electron chi connectivity index (χ4n) is 1.74. The fourth-order valence-corrected chi connectivity index (χ4v) is 1.74. The largest absolute Gasteiger partial charge is 0.496 e. The van der Waals surface area contributed by atoms with Gasteiger partial charge in [-0.25, -0.2) is 0 Å². The first-order valence-corrected chi connectivity index (χ1v) is 5.76. The van der Waals surface area contributed by atoms with Crippen LogP contribution < -0.4 is 14.8 Å². The van der Waals surface area contributed by atoms with Crippen molar-refractivity contribution < 1.29 is 9.47 Å². The zero-order chi connectivity index (χ0) is 12.7. The molecule has 96 valence electrons. The molecule has 1 aromatic rings. The third kappa shape index (κ3) is 3.91. The third-order valence-corrected chi connectivity index (χ3v) is 2.70. The predicted octanol–water partition coefficient (Wildman–Crippen LogP) is 1.35. The van der Waals surface area contributed by atoms with E-state index < -0.39 is 0 Å². The molecular formula is C13H22N2O2. The zero-order valence-corrected chi connectivity index (χ0v) is 11.1. The van der Waals surface area contributed by atoms with E-state index in [4.69, 9.17) is 9.47 Å². The molecule has 1 aromatic carbocycles. The van der Waals surface area contributed by atoms with Crippen LogP contribution in [0.25, 0.3) is 0 Å². The van der Waals surface area contributed by atoms with E-state index in [1.54, 1.807) is 14.2 Å². The SMILES string of the molecule is CNCCN(C)Cc1c(OC)cccc1OC. The molecule has 0 heterocycles. The summed E-state index contributed by atoms with van der Waals surface area (Å²) in [5, 5.41) is 3.14. The topological polar surface area (TPSA) is 33.7 Å². The molecule has 0 amide bonds. The molecule has 0 radical (unpaired) electrons. The Bertz CT molecular complexity index is 320. The number of nitrogens with one attached hydrogen (secondary N) is 1. The summed E-state index contributed by atoms with van der Waals surface area (Å²) >= 11 is 0. The first kappa shape index (κ1) is 13.8. The van der Waals surface area contributed by atoms with Crippen LogP contribution in [0.2, 0.25) is 0 Å². The van der Waals surface area contributed by atoms with Crippen LogP contribution in [0, 0.1) is 0 Å². The van der Waals surface area contributed by atoms with Crippen molar-refractivity contribution in [3.63, 3.8) is 0 Å². The van der Waals surface area contributed by atoms with Crippen molar-refractivity contribution in [2.24, 2.45) is 0 Å². The number of ether oxygens (including phenoxy) is 2. The van der Waals surface area contributed by atoms with Crippen LogP contribution in [0.15, 0.2) is 18.2 Å². The molecule has 4 heteroatoms. The number of methoxy groups -OCH3 is 2. The molecule has 0 saturated heterocycles. The maximum atomic E-state index is 5.37. The van der Waals surface area contributed by atoms with Crippen LogP contribution in [-0.4, -0.2) is 46.3 Å². The summed E-state index contributed by atoms with van der Waals surface area (Å²) in [4.78, 5) is 2.23. The summed E-state index contributed by atoms with van der Waals surface area (Å²) in [6, 6.07) is 5.86. The quantitative estimate of drug-likeness (QED) is 0.777. The van der Waals surface area contributed by atoms with Gasteiger partial charge in [0.15, 0.2) is 0 Å². The average Bonchev–Trinajstić information content (AvgIpc) is 2.36. The summed E-state index contributed by atoms with van der Waals surface area (Å²) in [6.45, 7) is 2.76. The van der Waals surface area contributed by atoms with E-state index in [2.05, 4.69) is 17.3 Å². The van der Waals surface area contributed by atoms with Crippen LogP contribution in [-0.2, 0) is 6.54 Å². The molecule has 0 unspecified atom stereocenters. The minimum atomic E-state index is 0.814. The Morgan fingerprint density at radius 3 is 2.24 bits per heavy atom. The minimum Gasteiger partial charge on any atom is -0.496 e. The first-order valence-electron chi connectivity index (χ1n) is 5.76. The number of likely N-dealkylation sites (N-methyl/N-ethyl adjacent to an activating group) is 2. The Morgan fingerprint density at radius 2 is 1.76 bits per heavy atom. The van der Waals surface area contributed by atoms with Crippen molar-refractivity contribution in [1.82, 2.24) is 10.2 Å².